The Bertz CT molecular complexity index is 314. The first-order valence-corrected chi connectivity index (χ1v) is 3.78. The van der Waals surface area contributed by atoms with E-state index >= 15 is 0 Å². The van der Waals surface area contributed by atoms with Gasteiger partial charge in [0.2, 0.25) is 11.9 Å². The van der Waals surface area contributed by atoms with E-state index in [0.29, 0.717) is 0 Å². The van der Waals surface area contributed by atoms with Crippen LogP contribution in [0.2, 0.25) is 0 Å². The van der Waals surface area contributed by atoms with Crippen LogP contribution in [0.4, 0.5) is 10.2 Å². The zero-order valence-electron chi connectivity index (χ0n) is 7.12. The zero-order valence-corrected chi connectivity index (χ0v) is 7.12. The van der Waals surface area contributed by atoms with Gasteiger partial charge in [0.15, 0.2) is 0 Å². The Morgan fingerprint density at radius 3 is 2.92 bits per heavy atom. The molecule has 0 aromatic carbocycles. The van der Waals surface area contributed by atoms with Crippen molar-refractivity contribution in [2.24, 2.45) is 5.73 Å². The predicted octanol–water partition coefficient (Wildman–Crippen LogP) is 0.506. The van der Waals surface area contributed by atoms with Gasteiger partial charge in [-0.15, -0.1) is 0 Å². The number of anilines is 1. The summed E-state index contributed by atoms with van der Waals surface area (Å²) in [5.41, 5.74) is 5.29. The second-order valence-electron chi connectivity index (χ2n) is 2.62. The van der Waals surface area contributed by atoms with Crippen LogP contribution in [0.3, 0.4) is 0 Å². The van der Waals surface area contributed by atoms with Gasteiger partial charge in [-0.05, 0) is 19.1 Å². The first kappa shape index (κ1) is 9.60. The lowest BCUT2D eigenvalue weighted by molar-refractivity contribution is -0.117. The molecule has 1 amide bonds. The zero-order chi connectivity index (χ0) is 9.84. The maximum atomic E-state index is 12.5. The fourth-order valence-corrected chi connectivity index (χ4v) is 0.718. The minimum absolute atomic E-state index is 0.169. The molecule has 0 unspecified atom stereocenters. The normalized spacial score (nSPS) is 12.2. The van der Waals surface area contributed by atoms with Gasteiger partial charge >= 0.3 is 0 Å². The number of halogens is 1. The highest BCUT2D eigenvalue weighted by Gasteiger charge is 2.07. The molecule has 3 N–H and O–H groups in total. The lowest BCUT2D eigenvalue weighted by atomic mass is 10.3. The molecule has 0 bridgehead atoms. The summed E-state index contributed by atoms with van der Waals surface area (Å²) in [5.74, 6) is -0.858. The van der Waals surface area contributed by atoms with Crippen LogP contribution in [-0.4, -0.2) is 16.9 Å². The molecule has 0 aliphatic heterocycles. The van der Waals surface area contributed by atoms with Crippen molar-refractivity contribution < 1.29 is 9.18 Å². The number of pyridine rings is 1. The standard InChI is InChI=1S/C8H10FN3O/c1-5(10)8(13)12-7-4-2-3-6(9)11-7/h2-5H,10H2,1H3,(H,11,12,13)/t5-/m0/s1. The number of nitrogens with zero attached hydrogens (tertiary/aromatic N) is 1. The topological polar surface area (TPSA) is 68.0 Å². The van der Waals surface area contributed by atoms with Crippen LogP contribution in [-0.2, 0) is 4.79 Å². The summed E-state index contributed by atoms with van der Waals surface area (Å²) < 4.78 is 12.5. The molecule has 0 aliphatic rings. The number of hydrogen-bond acceptors (Lipinski definition) is 3. The summed E-state index contributed by atoms with van der Waals surface area (Å²) in [7, 11) is 0. The van der Waals surface area contributed by atoms with E-state index in [0.717, 1.165) is 0 Å². The Balaban J connectivity index is 2.69. The van der Waals surface area contributed by atoms with Crippen molar-refractivity contribution in [1.82, 2.24) is 4.98 Å². The van der Waals surface area contributed by atoms with Crippen LogP contribution in [0.25, 0.3) is 0 Å². The van der Waals surface area contributed by atoms with Crippen molar-refractivity contribution in [2.45, 2.75) is 13.0 Å². The second-order valence-corrected chi connectivity index (χ2v) is 2.62. The number of hydrogen-bond donors (Lipinski definition) is 2. The highest BCUT2D eigenvalue weighted by atomic mass is 19.1. The van der Waals surface area contributed by atoms with Crippen LogP contribution in [0.5, 0.6) is 0 Å². The van der Waals surface area contributed by atoms with Crippen LogP contribution >= 0.6 is 0 Å². The van der Waals surface area contributed by atoms with Gasteiger partial charge in [-0.2, -0.15) is 4.39 Å². The Morgan fingerprint density at radius 1 is 1.69 bits per heavy atom. The third-order valence-corrected chi connectivity index (χ3v) is 1.38. The summed E-state index contributed by atoms with van der Waals surface area (Å²) in [6.07, 6.45) is 0. The van der Waals surface area contributed by atoms with Gasteiger partial charge in [0, 0.05) is 0 Å². The fourth-order valence-electron chi connectivity index (χ4n) is 0.718. The van der Waals surface area contributed by atoms with Crippen molar-refractivity contribution in [3.8, 4) is 0 Å². The summed E-state index contributed by atoms with van der Waals surface area (Å²) in [4.78, 5) is 14.5. The van der Waals surface area contributed by atoms with Crippen molar-refractivity contribution in [3.05, 3.63) is 24.1 Å². The molecular formula is C8H10FN3O. The van der Waals surface area contributed by atoms with Gasteiger partial charge in [-0.25, -0.2) is 4.98 Å². The molecule has 5 heteroatoms. The number of aromatic nitrogens is 1. The molecule has 0 fully saturated rings. The predicted molar refractivity (Wildman–Crippen MR) is 46.5 cm³/mol. The Kier molecular flexibility index (Phi) is 2.92. The van der Waals surface area contributed by atoms with Crippen molar-refractivity contribution in [3.63, 3.8) is 0 Å². The van der Waals surface area contributed by atoms with E-state index in [2.05, 4.69) is 10.3 Å². The Morgan fingerprint density at radius 2 is 2.38 bits per heavy atom. The summed E-state index contributed by atoms with van der Waals surface area (Å²) in [6, 6.07) is 3.51. The van der Waals surface area contributed by atoms with Crippen molar-refractivity contribution in [1.29, 1.82) is 0 Å². The smallest absolute Gasteiger partial charge is 0.242 e. The maximum absolute atomic E-state index is 12.5. The highest BCUT2D eigenvalue weighted by molar-refractivity contribution is 5.93. The molecule has 1 rings (SSSR count). The quantitative estimate of drug-likeness (QED) is 0.656. The van der Waals surface area contributed by atoms with Crippen LogP contribution in [0.15, 0.2) is 18.2 Å². The van der Waals surface area contributed by atoms with E-state index in [1.165, 1.54) is 25.1 Å². The molecule has 70 valence electrons. The lowest BCUT2D eigenvalue weighted by Crippen LogP contribution is -2.32. The second kappa shape index (κ2) is 3.95. The van der Waals surface area contributed by atoms with Gasteiger partial charge in [0.05, 0.1) is 6.04 Å². The molecule has 4 nitrogen and oxygen atoms in total. The van der Waals surface area contributed by atoms with Gasteiger partial charge in [0.1, 0.15) is 5.82 Å². The summed E-state index contributed by atoms with van der Waals surface area (Å²) >= 11 is 0. The highest BCUT2D eigenvalue weighted by Crippen LogP contribution is 2.03. The summed E-state index contributed by atoms with van der Waals surface area (Å²) in [5, 5.41) is 2.37. The van der Waals surface area contributed by atoms with Gasteiger partial charge in [0.25, 0.3) is 0 Å². The maximum Gasteiger partial charge on any atom is 0.242 e. The average Bonchev–Trinajstić information content (AvgIpc) is 2.04. The van der Waals surface area contributed by atoms with Gasteiger partial charge in [-0.1, -0.05) is 6.07 Å². The van der Waals surface area contributed by atoms with Gasteiger partial charge < -0.3 is 11.1 Å². The number of nitrogens with two attached hydrogens (primary N) is 1. The average molecular weight is 183 g/mol. The molecule has 0 radical (unpaired) electrons. The monoisotopic (exact) mass is 183 g/mol. The number of rotatable bonds is 2. The van der Waals surface area contributed by atoms with E-state index in [-0.39, 0.29) is 5.82 Å². The molecule has 1 aromatic rings. The summed E-state index contributed by atoms with van der Waals surface area (Å²) in [6.45, 7) is 1.54. The van der Waals surface area contributed by atoms with Crippen molar-refractivity contribution in [2.75, 3.05) is 5.32 Å². The van der Waals surface area contributed by atoms with E-state index in [1.54, 1.807) is 0 Å². The SMILES string of the molecule is C[C@H](N)C(=O)Nc1cccc(F)n1. The Labute approximate surface area is 75.0 Å². The van der Waals surface area contributed by atoms with Crippen LogP contribution < -0.4 is 11.1 Å². The number of carbonyl (C=O) groups is 1. The third-order valence-electron chi connectivity index (χ3n) is 1.38. The third kappa shape index (κ3) is 2.79. The van der Waals surface area contributed by atoms with Crippen LogP contribution in [0.1, 0.15) is 6.92 Å². The lowest BCUT2D eigenvalue weighted by Gasteiger charge is -2.05. The molecule has 0 aliphatic carbocycles. The van der Waals surface area contributed by atoms with E-state index in [4.69, 9.17) is 5.73 Å². The number of nitrogens with one attached hydrogen (secondary N) is 1. The molecule has 1 heterocycles. The molecular weight excluding hydrogens is 173 g/mol. The minimum atomic E-state index is -0.637. The fraction of sp³-hybridized carbons (Fsp3) is 0.250. The van der Waals surface area contributed by atoms with Gasteiger partial charge in [-0.3, -0.25) is 4.79 Å². The molecule has 0 saturated carbocycles. The van der Waals surface area contributed by atoms with Crippen LogP contribution in [0, 0.1) is 5.95 Å². The molecule has 13 heavy (non-hydrogen) atoms. The Hall–Kier alpha value is -1.49. The minimum Gasteiger partial charge on any atom is -0.320 e. The first-order valence-electron chi connectivity index (χ1n) is 3.78. The molecule has 1 atom stereocenters. The first-order chi connectivity index (χ1) is 6.09. The van der Waals surface area contributed by atoms with E-state index in [1.807, 2.05) is 0 Å². The number of carbonyl (C=O) groups excluding carboxylic acids is 1. The largest absolute Gasteiger partial charge is 0.320 e. The molecule has 0 saturated heterocycles. The molecule has 1 aromatic heterocycles. The number of amides is 1. The van der Waals surface area contributed by atoms with E-state index < -0.39 is 17.9 Å². The van der Waals surface area contributed by atoms with E-state index in [9.17, 15) is 9.18 Å². The molecule has 0 spiro atoms. The van der Waals surface area contributed by atoms with Crippen molar-refractivity contribution >= 4 is 11.7 Å².